The number of benzene rings is 2. The second-order valence-electron chi connectivity index (χ2n) is 5.46. The molecule has 2 aromatic carbocycles. The number of nitrogens with zero attached hydrogens (tertiary/aromatic N) is 1. The van der Waals surface area contributed by atoms with E-state index in [9.17, 15) is 0 Å². The van der Waals surface area contributed by atoms with Crippen LogP contribution in [0.4, 0.5) is 0 Å². The van der Waals surface area contributed by atoms with Gasteiger partial charge in [0.15, 0.2) is 0 Å². The summed E-state index contributed by atoms with van der Waals surface area (Å²) in [4.78, 5) is 2.54. The maximum Gasteiger partial charge on any atom is 0.118 e. The van der Waals surface area contributed by atoms with Crippen LogP contribution < -0.4 is 4.74 Å². The molecule has 1 aliphatic rings. The fourth-order valence-corrected chi connectivity index (χ4v) is 2.63. The van der Waals surface area contributed by atoms with Crippen LogP contribution in [0.25, 0.3) is 0 Å². The lowest BCUT2D eigenvalue weighted by Gasteiger charge is -2.05. The Morgan fingerprint density at radius 3 is 2.45 bits per heavy atom. The molecule has 2 nitrogen and oxygen atoms in total. The Bertz CT molecular complexity index is 535. The van der Waals surface area contributed by atoms with Crippen LogP contribution in [-0.2, 0) is 13.0 Å². The summed E-state index contributed by atoms with van der Waals surface area (Å²) >= 11 is 0. The molecule has 1 heterocycles. The van der Waals surface area contributed by atoms with Crippen molar-refractivity contribution in [1.29, 1.82) is 0 Å². The van der Waals surface area contributed by atoms with E-state index in [4.69, 9.17) is 4.74 Å². The van der Waals surface area contributed by atoms with Gasteiger partial charge in [-0.3, -0.25) is 4.90 Å². The Kier molecular flexibility index (Phi) is 4.03. The van der Waals surface area contributed by atoms with Crippen LogP contribution in [0, 0.1) is 0 Å². The predicted molar refractivity (Wildman–Crippen MR) is 82.0 cm³/mol. The molecule has 2 aromatic rings. The first-order chi connectivity index (χ1) is 9.85. The number of aryl methyl sites for hydroxylation is 1. The van der Waals surface area contributed by atoms with E-state index in [2.05, 4.69) is 47.4 Å². The van der Waals surface area contributed by atoms with Gasteiger partial charge >= 0.3 is 0 Å². The Hall–Kier alpha value is -1.80. The predicted octanol–water partition coefficient (Wildman–Crippen LogP) is 3.51. The summed E-state index contributed by atoms with van der Waals surface area (Å²) in [5, 5.41) is 0. The fraction of sp³-hybridized carbons (Fsp3) is 0.333. The molecule has 2 heteroatoms. The number of methoxy groups -OCH3 is 1. The summed E-state index contributed by atoms with van der Waals surface area (Å²) in [5.41, 5.74) is 2.82. The molecule has 0 amide bonds. The minimum Gasteiger partial charge on any atom is -0.497 e. The third-order valence-corrected chi connectivity index (χ3v) is 3.98. The van der Waals surface area contributed by atoms with Gasteiger partial charge in [-0.15, -0.1) is 0 Å². The Morgan fingerprint density at radius 1 is 1.00 bits per heavy atom. The molecule has 0 spiro atoms. The van der Waals surface area contributed by atoms with Crippen molar-refractivity contribution in [2.45, 2.75) is 25.4 Å². The van der Waals surface area contributed by atoms with E-state index in [0.717, 1.165) is 24.8 Å². The average Bonchev–Trinajstić information content (AvgIpc) is 3.25. The van der Waals surface area contributed by atoms with Crippen molar-refractivity contribution in [2.24, 2.45) is 0 Å². The molecule has 1 unspecified atom stereocenters. The maximum absolute atomic E-state index is 5.18. The van der Waals surface area contributed by atoms with Crippen molar-refractivity contribution in [3.05, 3.63) is 65.7 Å². The summed E-state index contributed by atoms with van der Waals surface area (Å²) in [6.45, 7) is 2.33. The van der Waals surface area contributed by atoms with Crippen LogP contribution in [0.2, 0.25) is 0 Å². The molecular formula is C18H21NO. The standard InChI is InChI=1S/C18H21NO/c1-20-18-11-8-15(9-12-18)7-10-17-14-19(17)13-16-5-3-2-4-6-16/h2-6,8-9,11-12,17H,7,10,13-14H2,1H3/t17-,19?/m1/s1. The first-order valence-electron chi connectivity index (χ1n) is 7.26. The van der Waals surface area contributed by atoms with Gasteiger partial charge in [0.25, 0.3) is 0 Å². The van der Waals surface area contributed by atoms with E-state index in [1.165, 1.54) is 24.1 Å². The van der Waals surface area contributed by atoms with E-state index >= 15 is 0 Å². The highest BCUT2D eigenvalue weighted by Gasteiger charge is 2.32. The number of hydrogen-bond donors (Lipinski definition) is 0. The largest absolute Gasteiger partial charge is 0.497 e. The Labute approximate surface area is 121 Å². The van der Waals surface area contributed by atoms with Crippen LogP contribution in [0.15, 0.2) is 54.6 Å². The molecule has 1 fully saturated rings. The van der Waals surface area contributed by atoms with Crippen molar-refractivity contribution in [3.63, 3.8) is 0 Å². The van der Waals surface area contributed by atoms with Gasteiger partial charge in [0, 0.05) is 19.1 Å². The van der Waals surface area contributed by atoms with Crippen molar-refractivity contribution in [1.82, 2.24) is 4.90 Å². The molecule has 20 heavy (non-hydrogen) atoms. The minimum atomic E-state index is 0.761. The van der Waals surface area contributed by atoms with Gasteiger partial charge in [0.05, 0.1) is 7.11 Å². The maximum atomic E-state index is 5.18. The van der Waals surface area contributed by atoms with Gasteiger partial charge in [0.1, 0.15) is 5.75 Å². The summed E-state index contributed by atoms with van der Waals surface area (Å²) < 4.78 is 5.18. The number of hydrogen-bond acceptors (Lipinski definition) is 2. The average molecular weight is 267 g/mol. The van der Waals surface area contributed by atoms with Gasteiger partial charge in [-0.25, -0.2) is 0 Å². The SMILES string of the molecule is COc1ccc(CC[C@@H]2CN2Cc2ccccc2)cc1. The first kappa shape index (κ1) is 13.2. The molecule has 0 bridgehead atoms. The summed E-state index contributed by atoms with van der Waals surface area (Å²) in [5.74, 6) is 0.936. The lowest BCUT2D eigenvalue weighted by atomic mass is 10.1. The fourth-order valence-electron chi connectivity index (χ4n) is 2.63. The van der Waals surface area contributed by atoms with Crippen molar-refractivity contribution < 1.29 is 4.74 Å². The van der Waals surface area contributed by atoms with Crippen LogP contribution in [0.1, 0.15) is 17.5 Å². The first-order valence-corrected chi connectivity index (χ1v) is 7.26. The summed E-state index contributed by atoms with van der Waals surface area (Å²) in [7, 11) is 1.71. The van der Waals surface area contributed by atoms with E-state index in [-0.39, 0.29) is 0 Å². The monoisotopic (exact) mass is 267 g/mol. The van der Waals surface area contributed by atoms with Crippen LogP contribution in [0.5, 0.6) is 5.75 Å². The molecule has 0 N–H and O–H groups in total. The Balaban J connectivity index is 1.44. The molecule has 1 saturated heterocycles. The highest BCUT2D eigenvalue weighted by Crippen LogP contribution is 2.25. The van der Waals surface area contributed by atoms with Gasteiger partial charge < -0.3 is 4.74 Å². The third kappa shape index (κ3) is 3.40. The summed E-state index contributed by atoms with van der Waals surface area (Å²) in [6, 6.07) is 19.9. The number of ether oxygens (including phenoxy) is 1. The van der Waals surface area contributed by atoms with E-state index in [1.54, 1.807) is 7.11 Å². The quantitative estimate of drug-likeness (QED) is 0.742. The van der Waals surface area contributed by atoms with Crippen LogP contribution >= 0.6 is 0 Å². The molecule has 0 aromatic heterocycles. The van der Waals surface area contributed by atoms with Gasteiger partial charge in [0.2, 0.25) is 0 Å². The second kappa shape index (κ2) is 6.10. The van der Waals surface area contributed by atoms with Gasteiger partial charge in [-0.2, -0.15) is 0 Å². The zero-order chi connectivity index (χ0) is 13.8. The molecule has 0 radical (unpaired) electrons. The van der Waals surface area contributed by atoms with E-state index < -0.39 is 0 Å². The normalized spacial score (nSPS) is 20.6. The molecule has 0 saturated carbocycles. The number of rotatable bonds is 6. The highest BCUT2D eigenvalue weighted by molar-refractivity contribution is 5.27. The van der Waals surface area contributed by atoms with Crippen molar-refractivity contribution in [3.8, 4) is 5.75 Å². The highest BCUT2D eigenvalue weighted by atomic mass is 16.5. The zero-order valence-electron chi connectivity index (χ0n) is 12.0. The smallest absolute Gasteiger partial charge is 0.118 e. The topological polar surface area (TPSA) is 12.2 Å². The van der Waals surface area contributed by atoms with Crippen LogP contribution in [0.3, 0.4) is 0 Å². The molecule has 0 aliphatic carbocycles. The molecule has 3 rings (SSSR count). The lowest BCUT2D eigenvalue weighted by Crippen LogP contribution is -2.03. The molecular weight excluding hydrogens is 246 g/mol. The van der Waals surface area contributed by atoms with Crippen LogP contribution in [-0.4, -0.2) is 24.6 Å². The van der Waals surface area contributed by atoms with E-state index in [1.807, 2.05) is 12.1 Å². The third-order valence-electron chi connectivity index (χ3n) is 3.98. The van der Waals surface area contributed by atoms with E-state index in [0.29, 0.717) is 0 Å². The minimum absolute atomic E-state index is 0.761. The molecule has 2 atom stereocenters. The van der Waals surface area contributed by atoms with Crippen molar-refractivity contribution in [2.75, 3.05) is 13.7 Å². The summed E-state index contributed by atoms with van der Waals surface area (Å²) in [6.07, 6.45) is 2.40. The molecule has 1 aliphatic heterocycles. The Morgan fingerprint density at radius 2 is 1.75 bits per heavy atom. The molecule has 104 valence electrons. The second-order valence-corrected chi connectivity index (χ2v) is 5.46. The zero-order valence-corrected chi connectivity index (χ0v) is 12.0. The van der Waals surface area contributed by atoms with Gasteiger partial charge in [-0.1, -0.05) is 42.5 Å². The van der Waals surface area contributed by atoms with Crippen molar-refractivity contribution >= 4 is 0 Å². The lowest BCUT2D eigenvalue weighted by molar-refractivity contribution is 0.414. The van der Waals surface area contributed by atoms with Gasteiger partial charge in [-0.05, 0) is 36.1 Å².